The van der Waals surface area contributed by atoms with Crippen LogP contribution in [0.25, 0.3) is 0 Å². The van der Waals surface area contributed by atoms with E-state index in [1.54, 1.807) is 24.2 Å². The molecule has 3 heterocycles. The molecule has 140 valence electrons. The van der Waals surface area contributed by atoms with E-state index < -0.39 is 0 Å². The van der Waals surface area contributed by atoms with Crippen molar-refractivity contribution in [3.8, 4) is 0 Å². The van der Waals surface area contributed by atoms with E-state index in [0.29, 0.717) is 18.8 Å². The number of carbonyl (C=O) groups is 1. The zero-order valence-electron chi connectivity index (χ0n) is 15.0. The minimum absolute atomic E-state index is 0.286. The van der Waals surface area contributed by atoms with Crippen molar-refractivity contribution in [3.63, 3.8) is 0 Å². The highest BCUT2D eigenvalue weighted by Crippen LogP contribution is 2.10. The molecule has 1 saturated heterocycles. The van der Waals surface area contributed by atoms with Crippen molar-refractivity contribution < 1.29 is 9.53 Å². The summed E-state index contributed by atoms with van der Waals surface area (Å²) in [6.07, 6.45) is 3.37. The van der Waals surface area contributed by atoms with Crippen LogP contribution in [-0.4, -0.2) is 77.2 Å². The molecule has 0 bridgehead atoms. The maximum atomic E-state index is 12.5. The van der Waals surface area contributed by atoms with Gasteiger partial charge in [-0.25, -0.2) is 0 Å². The van der Waals surface area contributed by atoms with Gasteiger partial charge in [0.15, 0.2) is 5.69 Å². The van der Waals surface area contributed by atoms with Crippen LogP contribution in [0.5, 0.6) is 0 Å². The van der Waals surface area contributed by atoms with Gasteiger partial charge in [-0.05, 0) is 12.1 Å². The Morgan fingerprint density at radius 2 is 2.19 bits per heavy atom. The molecule has 1 unspecified atom stereocenters. The van der Waals surface area contributed by atoms with Crippen LogP contribution >= 0.6 is 0 Å². The zero-order valence-corrected chi connectivity index (χ0v) is 15.0. The minimum Gasteiger partial charge on any atom is -0.382 e. The first-order chi connectivity index (χ1) is 12.8. The van der Waals surface area contributed by atoms with Gasteiger partial charge in [-0.3, -0.25) is 19.4 Å². The summed E-state index contributed by atoms with van der Waals surface area (Å²) in [6.45, 7) is 6.03. The highest BCUT2D eigenvalue weighted by atomic mass is 16.5. The largest absolute Gasteiger partial charge is 0.382 e. The van der Waals surface area contributed by atoms with Crippen LogP contribution in [0.2, 0.25) is 0 Å². The number of aromatic nitrogens is 4. The molecule has 9 heteroatoms. The molecule has 1 aliphatic rings. The number of ether oxygens (including phenoxy) is 1. The van der Waals surface area contributed by atoms with Gasteiger partial charge in [0, 0.05) is 46.0 Å². The van der Waals surface area contributed by atoms with E-state index in [0.717, 1.165) is 38.4 Å². The van der Waals surface area contributed by atoms with Gasteiger partial charge < -0.3 is 15.4 Å². The van der Waals surface area contributed by atoms with Gasteiger partial charge in [0.2, 0.25) is 0 Å². The number of hydrogen-bond donors (Lipinski definition) is 2. The molecule has 2 N–H and O–H groups in total. The Hall–Kier alpha value is -2.36. The molecule has 1 amide bonds. The van der Waals surface area contributed by atoms with Crippen molar-refractivity contribution in [1.82, 2.24) is 35.5 Å². The molecule has 2 aromatic rings. The number of pyridine rings is 1. The molecular formula is C17H25N7O2. The number of carbonyl (C=O) groups excluding carboxylic acids is 1. The van der Waals surface area contributed by atoms with Crippen LogP contribution in [-0.2, 0) is 11.3 Å². The quantitative estimate of drug-likeness (QED) is 0.668. The Morgan fingerprint density at radius 1 is 1.35 bits per heavy atom. The second kappa shape index (κ2) is 9.37. The van der Waals surface area contributed by atoms with Crippen LogP contribution < -0.4 is 10.6 Å². The molecule has 0 radical (unpaired) electrons. The molecule has 3 rings (SSSR count). The Labute approximate surface area is 152 Å². The second-order valence-electron chi connectivity index (χ2n) is 6.19. The van der Waals surface area contributed by atoms with Crippen LogP contribution in [0.3, 0.4) is 0 Å². The summed E-state index contributed by atoms with van der Waals surface area (Å²) in [7, 11) is 1.59. The van der Waals surface area contributed by atoms with E-state index in [-0.39, 0.29) is 11.9 Å². The van der Waals surface area contributed by atoms with Gasteiger partial charge in [-0.2, -0.15) is 0 Å². The number of amides is 1. The highest BCUT2D eigenvalue weighted by Gasteiger charge is 2.19. The van der Waals surface area contributed by atoms with Crippen molar-refractivity contribution in [3.05, 3.63) is 42.0 Å². The lowest BCUT2D eigenvalue weighted by Gasteiger charge is -2.26. The zero-order chi connectivity index (χ0) is 18.2. The first-order valence-corrected chi connectivity index (χ1v) is 8.80. The summed E-state index contributed by atoms with van der Waals surface area (Å²) in [5.74, 6) is -0.286. The maximum Gasteiger partial charge on any atom is 0.274 e. The smallest absolute Gasteiger partial charge is 0.274 e. The third kappa shape index (κ3) is 5.07. The molecule has 0 saturated carbocycles. The van der Waals surface area contributed by atoms with E-state index in [1.807, 2.05) is 18.2 Å². The molecule has 2 aromatic heterocycles. The van der Waals surface area contributed by atoms with Crippen molar-refractivity contribution in [2.24, 2.45) is 0 Å². The van der Waals surface area contributed by atoms with Gasteiger partial charge in [0.05, 0.1) is 31.1 Å². The summed E-state index contributed by atoms with van der Waals surface area (Å²) >= 11 is 0. The number of nitrogens with one attached hydrogen (secondary N) is 2. The molecule has 9 nitrogen and oxygen atoms in total. The fourth-order valence-corrected chi connectivity index (χ4v) is 2.87. The third-order valence-corrected chi connectivity index (χ3v) is 4.31. The first-order valence-electron chi connectivity index (χ1n) is 8.80. The van der Waals surface area contributed by atoms with E-state index in [4.69, 9.17) is 4.74 Å². The van der Waals surface area contributed by atoms with Gasteiger partial charge >= 0.3 is 0 Å². The van der Waals surface area contributed by atoms with Crippen LogP contribution in [0.15, 0.2) is 30.6 Å². The average molecular weight is 359 g/mol. The fourth-order valence-electron chi connectivity index (χ4n) is 2.87. The Balaban J connectivity index is 1.56. The van der Waals surface area contributed by atoms with E-state index >= 15 is 0 Å². The Morgan fingerprint density at radius 3 is 2.92 bits per heavy atom. The van der Waals surface area contributed by atoms with Gasteiger partial charge in [-0.15, -0.1) is 5.10 Å². The number of methoxy groups -OCH3 is 1. The maximum absolute atomic E-state index is 12.5. The molecular weight excluding hydrogens is 334 g/mol. The van der Waals surface area contributed by atoms with Crippen molar-refractivity contribution in [1.29, 1.82) is 0 Å². The minimum atomic E-state index is -0.334. The van der Waals surface area contributed by atoms with Crippen molar-refractivity contribution in [2.45, 2.75) is 12.6 Å². The number of piperazine rings is 1. The monoisotopic (exact) mass is 359 g/mol. The van der Waals surface area contributed by atoms with Crippen molar-refractivity contribution >= 4 is 5.91 Å². The van der Waals surface area contributed by atoms with Crippen molar-refractivity contribution in [2.75, 3.05) is 46.4 Å². The Bertz CT molecular complexity index is 685. The first kappa shape index (κ1) is 18.4. The fraction of sp³-hybridized carbons (Fsp3) is 0.529. The van der Waals surface area contributed by atoms with E-state index in [2.05, 4.69) is 30.8 Å². The lowest BCUT2D eigenvalue weighted by atomic mass is 10.2. The molecule has 0 aromatic carbocycles. The van der Waals surface area contributed by atoms with E-state index in [1.165, 1.54) is 0 Å². The van der Waals surface area contributed by atoms with Crippen LogP contribution in [0.1, 0.15) is 22.2 Å². The second-order valence-corrected chi connectivity index (χ2v) is 6.19. The third-order valence-electron chi connectivity index (χ3n) is 4.31. The number of rotatable bonds is 8. The van der Waals surface area contributed by atoms with Gasteiger partial charge in [-0.1, -0.05) is 11.3 Å². The highest BCUT2D eigenvalue weighted by molar-refractivity contribution is 5.92. The van der Waals surface area contributed by atoms with Gasteiger partial charge in [0.1, 0.15) is 0 Å². The molecule has 1 atom stereocenters. The Kier molecular flexibility index (Phi) is 6.64. The summed E-state index contributed by atoms with van der Waals surface area (Å²) in [6, 6.07) is 5.23. The molecule has 0 spiro atoms. The predicted octanol–water partition coefficient (Wildman–Crippen LogP) is -0.304. The lowest BCUT2D eigenvalue weighted by Crippen LogP contribution is -2.44. The number of hydrogen-bond acceptors (Lipinski definition) is 7. The normalized spacial score (nSPS) is 16.3. The predicted molar refractivity (Wildman–Crippen MR) is 95.7 cm³/mol. The molecule has 0 aliphatic carbocycles. The average Bonchev–Trinajstić information content (AvgIpc) is 3.17. The summed E-state index contributed by atoms with van der Waals surface area (Å²) < 4.78 is 6.91. The summed E-state index contributed by atoms with van der Waals surface area (Å²) in [5.41, 5.74) is 1.04. The summed E-state index contributed by atoms with van der Waals surface area (Å²) in [4.78, 5) is 19.1. The number of nitrogens with zero attached hydrogens (tertiary/aromatic N) is 5. The van der Waals surface area contributed by atoms with Crippen LogP contribution in [0.4, 0.5) is 0 Å². The summed E-state index contributed by atoms with van der Waals surface area (Å²) in [5, 5.41) is 14.3. The molecule has 1 fully saturated rings. The molecule has 26 heavy (non-hydrogen) atoms. The van der Waals surface area contributed by atoms with Gasteiger partial charge in [0.25, 0.3) is 5.91 Å². The SMILES string of the molecule is COCC(NC(=O)c1cn(CCN2CCNCC2)nn1)c1ccccn1. The standard InChI is InChI=1S/C17H25N7O2/c1-26-13-16(14-4-2-3-5-19-14)20-17(25)15-12-24(22-21-15)11-10-23-8-6-18-7-9-23/h2-5,12,16,18H,6-11,13H2,1H3,(H,20,25). The topological polar surface area (TPSA) is 97.2 Å². The molecule has 1 aliphatic heterocycles. The lowest BCUT2D eigenvalue weighted by molar-refractivity contribution is 0.0889. The van der Waals surface area contributed by atoms with Crippen LogP contribution in [0, 0.1) is 0 Å². The van der Waals surface area contributed by atoms with E-state index in [9.17, 15) is 4.79 Å².